The molecule has 202 valence electrons. The first-order valence-electron chi connectivity index (χ1n) is 12.6. The molecule has 3 amide bonds. The van der Waals surface area contributed by atoms with Gasteiger partial charge in [-0.15, -0.1) is 0 Å². The fraction of sp³-hybridized carbons (Fsp3) is 0.407. The molecule has 0 aromatic heterocycles. The van der Waals surface area contributed by atoms with Crippen molar-refractivity contribution in [3.63, 3.8) is 0 Å². The number of nitro benzene ring substituents is 1. The lowest BCUT2D eigenvalue weighted by atomic mass is 9.81. The number of anilines is 2. The van der Waals surface area contributed by atoms with Crippen LogP contribution >= 0.6 is 31.9 Å². The zero-order chi connectivity index (χ0) is 27.7. The standard InChI is InChI=1S/C27H23Br2N3O7/c1-12-8-16(39-27(36)13-9-20(33)30(11-13)14-2-4-15(5-3-14)32(37)38)6-7-19(12)31-25(34)21-17-10-18(22(21)26(31)35)24(29)23(17)28/h2-8,13,17-18,21-24H,9-11H2,1H3/t13-,17-,18-,21-,22-,23-,24+/m1/s1. The largest absolute Gasteiger partial charge is 0.426 e. The van der Waals surface area contributed by atoms with Gasteiger partial charge in [-0.05, 0) is 61.1 Å². The number of non-ortho nitro benzene ring substituents is 1. The Morgan fingerprint density at radius 2 is 1.62 bits per heavy atom. The van der Waals surface area contributed by atoms with E-state index in [1.165, 1.54) is 34.1 Å². The summed E-state index contributed by atoms with van der Waals surface area (Å²) in [6.45, 7) is 1.85. The topological polar surface area (TPSA) is 127 Å². The van der Waals surface area contributed by atoms with E-state index >= 15 is 0 Å². The number of carbonyl (C=O) groups excluding carboxylic acids is 4. The van der Waals surface area contributed by atoms with Crippen molar-refractivity contribution in [2.45, 2.75) is 29.4 Å². The molecule has 2 aliphatic carbocycles. The first-order valence-corrected chi connectivity index (χ1v) is 14.4. The summed E-state index contributed by atoms with van der Waals surface area (Å²) < 4.78 is 5.57. The first-order chi connectivity index (χ1) is 18.6. The lowest BCUT2D eigenvalue weighted by Gasteiger charge is -2.28. The van der Waals surface area contributed by atoms with Crippen molar-refractivity contribution < 1.29 is 28.8 Å². The van der Waals surface area contributed by atoms with Gasteiger partial charge >= 0.3 is 5.97 Å². The maximum absolute atomic E-state index is 13.4. The van der Waals surface area contributed by atoms with Crippen molar-refractivity contribution in [1.82, 2.24) is 0 Å². The van der Waals surface area contributed by atoms with Crippen molar-refractivity contribution in [2.75, 3.05) is 16.3 Å². The molecule has 0 unspecified atom stereocenters. The second kappa shape index (κ2) is 9.51. The normalized spacial score (nSPS) is 31.3. The zero-order valence-electron chi connectivity index (χ0n) is 20.7. The number of esters is 1. The molecule has 4 fully saturated rings. The van der Waals surface area contributed by atoms with Gasteiger partial charge in [-0.2, -0.15) is 0 Å². The van der Waals surface area contributed by atoms with E-state index in [0.717, 1.165) is 6.42 Å². The molecule has 7 atom stereocenters. The Morgan fingerprint density at radius 1 is 1.00 bits per heavy atom. The number of nitro groups is 1. The molecule has 2 heterocycles. The highest BCUT2D eigenvalue weighted by Gasteiger charge is 2.66. The van der Waals surface area contributed by atoms with Crippen LogP contribution < -0.4 is 14.5 Å². The summed E-state index contributed by atoms with van der Waals surface area (Å²) in [5, 5.41) is 10.9. The lowest BCUT2D eigenvalue weighted by molar-refractivity contribution is -0.384. The Morgan fingerprint density at radius 3 is 2.18 bits per heavy atom. The van der Waals surface area contributed by atoms with Gasteiger partial charge < -0.3 is 9.64 Å². The SMILES string of the molecule is Cc1cc(OC(=O)[C@@H]2CC(=O)N(c3ccc([N+](=O)[O-])cc3)C2)ccc1N1C(=O)[C@@H]2[C@H]3C[C@@H]([C@@H](Br)[C@H]3Br)[C@H]2C1=O. The predicted molar refractivity (Wildman–Crippen MR) is 147 cm³/mol. The minimum Gasteiger partial charge on any atom is -0.426 e. The van der Waals surface area contributed by atoms with Crippen molar-refractivity contribution in [3.8, 4) is 5.75 Å². The quantitative estimate of drug-likeness (QED) is 0.118. The van der Waals surface area contributed by atoms with Crippen molar-refractivity contribution in [1.29, 1.82) is 0 Å². The fourth-order valence-corrected chi connectivity index (χ4v) is 8.47. The number of fused-ring (bicyclic) bond motifs is 5. The van der Waals surface area contributed by atoms with E-state index < -0.39 is 16.8 Å². The van der Waals surface area contributed by atoms with Gasteiger partial charge in [0.05, 0.1) is 28.4 Å². The van der Waals surface area contributed by atoms with Crippen LogP contribution in [0.25, 0.3) is 0 Å². The van der Waals surface area contributed by atoms with Crippen LogP contribution in [0.15, 0.2) is 42.5 Å². The number of carbonyl (C=O) groups is 4. The summed E-state index contributed by atoms with van der Waals surface area (Å²) in [5.41, 5.74) is 1.48. The monoisotopic (exact) mass is 659 g/mol. The highest BCUT2D eigenvalue weighted by atomic mass is 79.9. The number of alkyl halides is 2. The van der Waals surface area contributed by atoms with Gasteiger partial charge in [-0.3, -0.25) is 29.3 Å². The Kier molecular flexibility index (Phi) is 6.37. The molecular weight excluding hydrogens is 638 g/mol. The second-order valence-electron chi connectivity index (χ2n) is 10.6. The summed E-state index contributed by atoms with van der Waals surface area (Å²) in [7, 11) is 0. The van der Waals surface area contributed by atoms with Crippen LogP contribution in [0.4, 0.5) is 17.1 Å². The summed E-state index contributed by atoms with van der Waals surface area (Å²) in [5.74, 6) is -2.08. The molecule has 39 heavy (non-hydrogen) atoms. The molecule has 0 spiro atoms. The summed E-state index contributed by atoms with van der Waals surface area (Å²) >= 11 is 7.40. The maximum Gasteiger partial charge on any atom is 0.316 e. The number of ether oxygens (including phenoxy) is 1. The molecule has 6 rings (SSSR count). The van der Waals surface area contributed by atoms with Crippen molar-refractivity contribution in [2.24, 2.45) is 29.6 Å². The predicted octanol–water partition coefficient (Wildman–Crippen LogP) is 4.14. The van der Waals surface area contributed by atoms with Gasteiger partial charge in [0.15, 0.2) is 0 Å². The number of benzene rings is 2. The van der Waals surface area contributed by atoms with Crippen LogP contribution in [-0.4, -0.2) is 44.8 Å². The zero-order valence-corrected chi connectivity index (χ0v) is 23.8. The number of imide groups is 1. The highest BCUT2D eigenvalue weighted by Crippen LogP contribution is 2.60. The summed E-state index contributed by atoms with van der Waals surface area (Å²) in [6, 6.07) is 10.4. The smallest absolute Gasteiger partial charge is 0.316 e. The number of hydrogen-bond donors (Lipinski definition) is 0. The molecule has 2 aromatic carbocycles. The van der Waals surface area contributed by atoms with E-state index in [9.17, 15) is 29.3 Å². The first kappa shape index (κ1) is 26.1. The maximum atomic E-state index is 13.4. The molecule has 2 saturated carbocycles. The van der Waals surface area contributed by atoms with Gasteiger partial charge in [0, 0.05) is 40.4 Å². The molecule has 4 aliphatic rings. The Labute approximate surface area is 240 Å². The van der Waals surface area contributed by atoms with E-state index in [1.54, 1.807) is 25.1 Å². The number of hydrogen-bond acceptors (Lipinski definition) is 7. The minimum atomic E-state index is -0.710. The number of nitrogens with zero attached hydrogens (tertiary/aromatic N) is 3. The van der Waals surface area contributed by atoms with Crippen molar-refractivity contribution in [3.05, 3.63) is 58.1 Å². The number of rotatable bonds is 5. The average Bonchev–Trinajstić information content (AvgIpc) is 3.62. The van der Waals surface area contributed by atoms with E-state index in [0.29, 0.717) is 16.9 Å². The third kappa shape index (κ3) is 4.10. The number of amides is 3. The van der Waals surface area contributed by atoms with Gasteiger partial charge in [-0.25, -0.2) is 4.90 Å². The second-order valence-corrected chi connectivity index (χ2v) is 12.7. The molecule has 2 aromatic rings. The van der Waals surface area contributed by atoms with E-state index in [2.05, 4.69) is 31.9 Å². The van der Waals surface area contributed by atoms with Crippen LogP contribution in [0, 0.1) is 46.6 Å². The van der Waals surface area contributed by atoms with E-state index in [4.69, 9.17) is 4.74 Å². The van der Waals surface area contributed by atoms with Gasteiger partial charge in [-0.1, -0.05) is 31.9 Å². The molecular formula is C27H23Br2N3O7. The van der Waals surface area contributed by atoms with Crippen molar-refractivity contribution >= 4 is 72.6 Å². The van der Waals surface area contributed by atoms with Gasteiger partial charge in [0.25, 0.3) is 5.69 Å². The molecule has 0 N–H and O–H groups in total. The van der Waals surface area contributed by atoms with Crippen LogP contribution in [0.1, 0.15) is 18.4 Å². The third-order valence-electron chi connectivity index (χ3n) is 8.45. The van der Waals surface area contributed by atoms with E-state index in [1.807, 2.05) is 0 Å². The van der Waals surface area contributed by atoms with E-state index in [-0.39, 0.29) is 75.4 Å². The molecule has 2 aliphatic heterocycles. The van der Waals surface area contributed by atoms with Crippen LogP contribution in [-0.2, 0) is 19.2 Å². The number of aryl methyl sites for hydroxylation is 1. The molecule has 2 bridgehead atoms. The Bertz CT molecular complexity index is 1400. The van der Waals surface area contributed by atoms with Crippen LogP contribution in [0.2, 0.25) is 0 Å². The lowest BCUT2D eigenvalue weighted by Crippen LogP contribution is -2.37. The van der Waals surface area contributed by atoms with Crippen LogP contribution in [0.5, 0.6) is 5.75 Å². The molecule has 10 nitrogen and oxygen atoms in total. The molecule has 2 saturated heterocycles. The average molecular weight is 661 g/mol. The molecule has 12 heteroatoms. The Balaban J connectivity index is 1.14. The van der Waals surface area contributed by atoms with Gasteiger partial charge in [0.1, 0.15) is 5.75 Å². The summed E-state index contributed by atoms with van der Waals surface area (Å²) in [4.78, 5) is 65.6. The fourth-order valence-electron chi connectivity index (χ4n) is 6.60. The minimum absolute atomic E-state index is 0.0437. The molecule has 0 radical (unpaired) electrons. The number of halogens is 2. The Hall–Kier alpha value is -3.12. The summed E-state index contributed by atoms with van der Waals surface area (Å²) in [6.07, 6.45) is 0.809. The highest BCUT2D eigenvalue weighted by molar-refractivity contribution is 9.12. The van der Waals surface area contributed by atoms with Gasteiger partial charge in [0.2, 0.25) is 17.7 Å². The third-order valence-corrected chi connectivity index (χ3v) is 11.7. The van der Waals surface area contributed by atoms with Crippen LogP contribution in [0.3, 0.4) is 0 Å².